The smallest absolute Gasteiger partial charge is 0.227 e. The van der Waals surface area contributed by atoms with Gasteiger partial charge in [-0.1, -0.05) is 13.0 Å². The van der Waals surface area contributed by atoms with Crippen molar-refractivity contribution in [2.24, 2.45) is 11.8 Å². The number of fused-ring (bicyclic) bond motifs is 1. The van der Waals surface area contributed by atoms with Crippen molar-refractivity contribution in [3.63, 3.8) is 0 Å². The number of nitrogens with one attached hydrogen (secondary N) is 2. The fraction of sp³-hybridized carbons (Fsp3) is 0.500. The molecule has 2 heterocycles. The third-order valence-corrected chi connectivity index (χ3v) is 3.76. The zero-order chi connectivity index (χ0) is 13.2. The predicted octanol–water partition coefficient (Wildman–Crippen LogP) is 1.67. The van der Waals surface area contributed by atoms with Gasteiger partial charge in [-0.3, -0.25) is 4.79 Å². The van der Waals surface area contributed by atoms with Gasteiger partial charge in [0.25, 0.3) is 0 Å². The summed E-state index contributed by atoms with van der Waals surface area (Å²) in [4.78, 5) is 12.2. The number of para-hydroxylation sites is 1. The van der Waals surface area contributed by atoms with E-state index < -0.39 is 0 Å². The Morgan fingerprint density at radius 3 is 2.80 bits per heavy atom. The molecule has 20 heavy (non-hydrogen) atoms. The second-order valence-electron chi connectivity index (χ2n) is 5.03. The van der Waals surface area contributed by atoms with Crippen LogP contribution >= 0.6 is 12.4 Å². The van der Waals surface area contributed by atoms with E-state index in [2.05, 4.69) is 10.6 Å². The first-order valence-electron chi connectivity index (χ1n) is 6.66. The van der Waals surface area contributed by atoms with Gasteiger partial charge in [0.2, 0.25) is 5.91 Å². The molecule has 1 aromatic rings. The Morgan fingerprint density at radius 1 is 1.35 bits per heavy atom. The molecule has 0 bridgehead atoms. The zero-order valence-electron chi connectivity index (χ0n) is 11.3. The average Bonchev–Trinajstić information content (AvgIpc) is 2.37. The maximum atomic E-state index is 12.2. The van der Waals surface area contributed by atoms with Crippen LogP contribution in [0.15, 0.2) is 18.2 Å². The minimum atomic E-state index is 0. The number of hydrogen-bond acceptors (Lipinski definition) is 4. The summed E-state index contributed by atoms with van der Waals surface area (Å²) in [5.41, 5.74) is 0.696. The van der Waals surface area contributed by atoms with Crippen LogP contribution in [0.5, 0.6) is 11.5 Å². The first-order valence-corrected chi connectivity index (χ1v) is 6.66. The van der Waals surface area contributed by atoms with Crippen LogP contribution in [0, 0.1) is 11.8 Å². The molecule has 2 aliphatic rings. The molecule has 0 aliphatic carbocycles. The lowest BCUT2D eigenvalue weighted by molar-refractivity contribution is -0.121. The first-order chi connectivity index (χ1) is 9.25. The Kier molecular flexibility index (Phi) is 4.73. The van der Waals surface area contributed by atoms with Gasteiger partial charge in [-0.15, -0.1) is 12.4 Å². The molecule has 1 aromatic carbocycles. The third-order valence-electron chi connectivity index (χ3n) is 3.76. The number of halogens is 1. The molecule has 1 unspecified atom stereocenters. The topological polar surface area (TPSA) is 59.6 Å². The largest absolute Gasteiger partial charge is 0.486 e. The summed E-state index contributed by atoms with van der Waals surface area (Å²) in [7, 11) is 0. The van der Waals surface area contributed by atoms with Crippen LogP contribution in [-0.4, -0.2) is 32.2 Å². The molecule has 0 aromatic heterocycles. The van der Waals surface area contributed by atoms with E-state index in [-0.39, 0.29) is 24.2 Å². The van der Waals surface area contributed by atoms with Gasteiger partial charge in [0.15, 0.2) is 11.5 Å². The lowest BCUT2D eigenvalue weighted by atomic mass is 9.88. The van der Waals surface area contributed by atoms with Gasteiger partial charge in [0.05, 0.1) is 5.69 Å². The van der Waals surface area contributed by atoms with Crippen molar-refractivity contribution in [1.82, 2.24) is 5.32 Å². The highest BCUT2D eigenvalue weighted by molar-refractivity contribution is 5.94. The van der Waals surface area contributed by atoms with Gasteiger partial charge in [-0.05, 0) is 31.1 Å². The number of ether oxygens (including phenoxy) is 2. The SMILES string of the molecule is CC(C(=O)Nc1cccc2c1OCCO2)C1CNC1.Cl. The van der Waals surface area contributed by atoms with E-state index in [4.69, 9.17) is 9.47 Å². The summed E-state index contributed by atoms with van der Waals surface area (Å²) in [5, 5.41) is 6.13. The van der Waals surface area contributed by atoms with Crippen molar-refractivity contribution in [2.45, 2.75) is 6.92 Å². The normalized spacial score (nSPS) is 18.4. The van der Waals surface area contributed by atoms with Crippen molar-refractivity contribution in [3.8, 4) is 11.5 Å². The van der Waals surface area contributed by atoms with E-state index in [1.54, 1.807) is 0 Å². The molecular formula is C14H19ClN2O3. The fourth-order valence-corrected chi connectivity index (χ4v) is 2.30. The molecule has 1 fully saturated rings. The number of amides is 1. The maximum absolute atomic E-state index is 12.2. The van der Waals surface area contributed by atoms with Gasteiger partial charge in [-0.25, -0.2) is 0 Å². The summed E-state index contributed by atoms with van der Waals surface area (Å²) in [6, 6.07) is 5.55. The van der Waals surface area contributed by atoms with Gasteiger partial charge in [-0.2, -0.15) is 0 Å². The first kappa shape index (κ1) is 14.9. The van der Waals surface area contributed by atoms with Gasteiger partial charge < -0.3 is 20.1 Å². The molecule has 0 saturated carbocycles. The molecule has 1 amide bonds. The minimum absolute atomic E-state index is 0. The summed E-state index contributed by atoms with van der Waals surface area (Å²) in [6.45, 7) is 4.87. The molecule has 2 N–H and O–H groups in total. The lowest BCUT2D eigenvalue weighted by Gasteiger charge is -2.32. The molecule has 6 heteroatoms. The van der Waals surface area contributed by atoms with E-state index in [1.807, 2.05) is 25.1 Å². The van der Waals surface area contributed by atoms with E-state index in [1.165, 1.54) is 0 Å². The molecule has 2 aliphatic heterocycles. The van der Waals surface area contributed by atoms with Crippen LogP contribution in [-0.2, 0) is 4.79 Å². The van der Waals surface area contributed by atoms with Crippen molar-refractivity contribution in [3.05, 3.63) is 18.2 Å². The quantitative estimate of drug-likeness (QED) is 0.891. The van der Waals surface area contributed by atoms with Crippen molar-refractivity contribution in [1.29, 1.82) is 0 Å². The second kappa shape index (κ2) is 6.33. The van der Waals surface area contributed by atoms with Crippen LogP contribution in [0.1, 0.15) is 6.92 Å². The van der Waals surface area contributed by atoms with Crippen molar-refractivity contribution in [2.75, 3.05) is 31.6 Å². The Labute approximate surface area is 124 Å². The van der Waals surface area contributed by atoms with Gasteiger partial charge in [0, 0.05) is 5.92 Å². The highest BCUT2D eigenvalue weighted by Crippen LogP contribution is 2.37. The third kappa shape index (κ3) is 2.83. The van der Waals surface area contributed by atoms with Crippen molar-refractivity contribution < 1.29 is 14.3 Å². The maximum Gasteiger partial charge on any atom is 0.227 e. The van der Waals surface area contributed by atoms with Crippen LogP contribution in [0.3, 0.4) is 0 Å². The molecule has 0 radical (unpaired) electrons. The summed E-state index contributed by atoms with van der Waals surface area (Å²) >= 11 is 0. The Balaban J connectivity index is 0.00000147. The Bertz CT molecular complexity index is 491. The number of carbonyl (C=O) groups excluding carboxylic acids is 1. The minimum Gasteiger partial charge on any atom is -0.486 e. The molecule has 0 spiro atoms. The van der Waals surface area contributed by atoms with E-state index in [0.29, 0.717) is 36.3 Å². The fourth-order valence-electron chi connectivity index (χ4n) is 2.30. The average molecular weight is 299 g/mol. The lowest BCUT2D eigenvalue weighted by Crippen LogP contribution is -2.48. The number of benzene rings is 1. The molecule has 3 rings (SSSR count). The highest BCUT2D eigenvalue weighted by atomic mass is 35.5. The molecular weight excluding hydrogens is 280 g/mol. The van der Waals surface area contributed by atoms with Gasteiger partial charge >= 0.3 is 0 Å². The molecule has 5 nitrogen and oxygen atoms in total. The van der Waals surface area contributed by atoms with Crippen LogP contribution in [0.2, 0.25) is 0 Å². The predicted molar refractivity (Wildman–Crippen MR) is 78.8 cm³/mol. The number of rotatable bonds is 3. The van der Waals surface area contributed by atoms with E-state index in [0.717, 1.165) is 13.1 Å². The Morgan fingerprint density at radius 2 is 2.10 bits per heavy atom. The monoisotopic (exact) mass is 298 g/mol. The van der Waals surface area contributed by atoms with Crippen LogP contribution in [0.4, 0.5) is 5.69 Å². The summed E-state index contributed by atoms with van der Waals surface area (Å²) in [6.07, 6.45) is 0. The second-order valence-corrected chi connectivity index (χ2v) is 5.03. The highest BCUT2D eigenvalue weighted by Gasteiger charge is 2.29. The molecule has 1 saturated heterocycles. The van der Waals surface area contributed by atoms with E-state index >= 15 is 0 Å². The molecule has 110 valence electrons. The molecule has 1 atom stereocenters. The van der Waals surface area contributed by atoms with Crippen molar-refractivity contribution >= 4 is 24.0 Å². The van der Waals surface area contributed by atoms with Crippen LogP contribution in [0.25, 0.3) is 0 Å². The number of carbonyl (C=O) groups is 1. The Hall–Kier alpha value is -1.46. The standard InChI is InChI=1S/C14H18N2O3.ClH/c1-9(10-7-15-8-10)14(17)16-11-3-2-4-12-13(11)19-6-5-18-12;/h2-4,9-10,15H,5-8H2,1H3,(H,16,17);1H. The number of anilines is 1. The zero-order valence-corrected chi connectivity index (χ0v) is 12.2. The van der Waals surface area contributed by atoms with E-state index in [9.17, 15) is 4.79 Å². The number of hydrogen-bond donors (Lipinski definition) is 2. The van der Waals surface area contributed by atoms with Gasteiger partial charge in [0.1, 0.15) is 13.2 Å². The summed E-state index contributed by atoms with van der Waals surface area (Å²) < 4.78 is 11.1. The summed E-state index contributed by atoms with van der Waals surface area (Å²) in [5.74, 6) is 1.80. The van der Waals surface area contributed by atoms with Crippen LogP contribution < -0.4 is 20.1 Å².